The van der Waals surface area contributed by atoms with Crippen LogP contribution in [0.4, 0.5) is 5.69 Å². The van der Waals surface area contributed by atoms with Crippen molar-refractivity contribution < 1.29 is 0 Å². The molecule has 0 aliphatic rings. The van der Waals surface area contributed by atoms with Crippen LogP contribution in [0.25, 0.3) is 0 Å². The summed E-state index contributed by atoms with van der Waals surface area (Å²) in [6.07, 6.45) is 4.67. The van der Waals surface area contributed by atoms with Crippen LogP contribution in [0.5, 0.6) is 0 Å². The molecule has 6 nitrogen and oxygen atoms in total. The number of nitrogen functional groups attached to an aromatic ring is 1. The molecule has 0 aromatic carbocycles. The Morgan fingerprint density at radius 3 is 2.72 bits per heavy atom. The van der Waals surface area contributed by atoms with Crippen molar-refractivity contribution in [2.24, 2.45) is 7.05 Å². The number of pyridine rings is 1. The summed E-state index contributed by atoms with van der Waals surface area (Å²) in [5, 5.41) is 0. The first-order valence-corrected chi connectivity index (χ1v) is 5.45. The quantitative estimate of drug-likeness (QED) is 0.800. The minimum absolute atomic E-state index is 0.0534. The first-order valence-electron chi connectivity index (χ1n) is 5.45. The van der Waals surface area contributed by atoms with E-state index in [1.165, 1.54) is 10.8 Å². The fourth-order valence-electron chi connectivity index (χ4n) is 1.78. The van der Waals surface area contributed by atoms with E-state index < -0.39 is 11.2 Å². The zero-order chi connectivity index (χ0) is 13.3. The molecule has 0 atom stereocenters. The summed E-state index contributed by atoms with van der Waals surface area (Å²) in [5.41, 5.74) is 6.52. The lowest BCUT2D eigenvalue weighted by Gasteiger charge is -2.08. The summed E-state index contributed by atoms with van der Waals surface area (Å²) in [6, 6.07) is 1.88. The highest BCUT2D eigenvalue weighted by atomic mass is 16.2. The van der Waals surface area contributed by atoms with Gasteiger partial charge in [0.2, 0.25) is 0 Å². The second-order valence-electron chi connectivity index (χ2n) is 4.24. The van der Waals surface area contributed by atoms with Gasteiger partial charge >= 0.3 is 5.69 Å². The van der Waals surface area contributed by atoms with Crippen molar-refractivity contribution in [1.29, 1.82) is 0 Å². The average Bonchev–Trinajstić information content (AvgIpc) is 2.32. The standard InChI is InChI=1S/C12H14N4O2/c1-8-3-9(5-14-4-8)6-16-11(17)10(13)7-15(2)12(16)18/h3-5,7H,6,13H2,1-2H3. The van der Waals surface area contributed by atoms with E-state index in [4.69, 9.17) is 5.73 Å². The molecule has 2 aromatic heterocycles. The van der Waals surface area contributed by atoms with Crippen LogP contribution in [0, 0.1) is 6.92 Å². The molecule has 2 N–H and O–H groups in total. The van der Waals surface area contributed by atoms with Gasteiger partial charge in [0.05, 0.1) is 6.54 Å². The van der Waals surface area contributed by atoms with Gasteiger partial charge in [0.15, 0.2) is 0 Å². The van der Waals surface area contributed by atoms with Crippen molar-refractivity contribution >= 4 is 5.69 Å². The van der Waals surface area contributed by atoms with Gasteiger partial charge in [-0.1, -0.05) is 6.07 Å². The number of hydrogen-bond donors (Lipinski definition) is 1. The largest absolute Gasteiger partial charge is 0.393 e. The van der Waals surface area contributed by atoms with Crippen LogP contribution in [0.2, 0.25) is 0 Å². The molecule has 94 valence electrons. The first-order chi connectivity index (χ1) is 8.49. The monoisotopic (exact) mass is 246 g/mol. The van der Waals surface area contributed by atoms with Crippen LogP contribution in [-0.2, 0) is 13.6 Å². The van der Waals surface area contributed by atoms with Crippen LogP contribution in [-0.4, -0.2) is 14.1 Å². The summed E-state index contributed by atoms with van der Waals surface area (Å²) >= 11 is 0. The second-order valence-corrected chi connectivity index (χ2v) is 4.24. The van der Waals surface area contributed by atoms with Gasteiger partial charge in [-0.25, -0.2) is 4.79 Å². The minimum atomic E-state index is -0.473. The Morgan fingerprint density at radius 2 is 2.06 bits per heavy atom. The van der Waals surface area contributed by atoms with Crippen molar-refractivity contribution in [2.45, 2.75) is 13.5 Å². The summed E-state index contributed by atoms with van der Waals surface area (Å²) in [7, 11) is 1.56. The number of aryl methyl sites for hydroxylation is 2. The van der Waals surface area contributed by atoms with Gasteiger partial charge < -0.3 is 10.3 Å². The maximum absolute atomic E-state index is 11.9. The minimum Gasteiger partial charge on any atom is -0.393 e. The molecule has 18 heavy (non-hydrogen) atoms. The Labute approximate surface area is 103 Å². The summed E-state index contributed by atoms with van der Waals surface area (Å²) in [6.45, 7) is 2.07. The molecule has 0 saturated heterocycles. The van der Waals surface area contributed by atoms with E-state index in [0.29, 0.717) is 0 Å². The number of anilines is 1. The molecule has 0 aliphatic carbocycles. The predicted molar refractivity (Wildman–Crippen MR) is 68.4 cm³/mol. The number of aromatic nitrogens is 3. The van der Waals surface area contributed by atoms with E-state index in [1.807, 2.05) is 13.0 Å². The highest BCUT2D eigenvalue weighted by Crippen LogP contribution is 2.02. The fraction of sp³-hybridized carbons (Fsp3) is 0.250. The van der Waals surface area contributed by atoms with Gasteiger partial charge in [0.25, 0.3) is 5.56 Å². The average molecular weight is 246 g/mol. The molecular formula is C12H14N4O2. The third-order valence-corrected chi connectivity index (χ3v) is 2.63. The van der Waals surface area contributed by atoms with Crippen LogP contribution in [0.3, 0.4) is 0 Å². The molecule has 0 aliphatic heterocycles. The molecule has 2 heterocycles. The zero-order valence-corrected chi connectivity index (χ0v) is 10.3. The SMILES string of the molecule is Cc1cncc(Cn2c(=O)c(N)cn(C)c2=O)c1. The maximum Gasteiger partial charge on any atom is 0.331 e. The normalized spacial score (nSPS) is 10.6. The molecule has 2 aromatic rings. The number of rotatable bonds is 2. The van der Waals surface area contributed by atoms with E-state index >= 15 is 0 Å². The van der Waals surface area contributed by atoms with Crippen molar-refractivity contribution in [3.63, 3.8) is 0 Å². The topological polar surface area (TPSA) is 82.9 Å². The lowest BCUT2D eigenvalue weighted by Crippen LogP contribution is -2.39. The zero-order valence-electron chi connectivity index (χ0n) is 10.3. The highest BCUT2D eigenvalue weighted by molar-refractivity contribution is 5.31. The summed E-state index contributed by atoms with van der Waals surface area (Å²) < 4.78 is 2.39. The Bertz CT molecular complexity index is 666. The molecule has 2 rings (SSSR count). The van der Waals surface area contributed by atoms with Crippen molar-refractivity contribution in [1.82, 2.24) is 14.1 Å². The van der Waals surface area contributed by atoms with Crippen molar-refractivity contribution in [3.8, 4) is 0 Å². The molecule has 0 bridgehead atoms. The van der Waals surface area contributed by atoms with Gasteiger partial charge in [-0.3, -0.25) is 14.3 Å². The smallest absolute Gasteiger partial charge is 0.331 e. The molecule has 0 spiro atoms. The van der Waals surface area contributed by atoms with Crippen molar-refractivity contribution in [3.05, 3.63) is 56.6 Å². The molecule has 0 radical (unpaired) electrons. The van der Waals surface area contributed by atoms with Crippen LogP contribution in [0.1, 0.15) is 11.1 Å². The van der Waals surface area contributed by atoms with Gasteiger partial charge in [0.1, 0.15) is 5.69 Å². The van der Waals surface area contributed by atoms with E-state index in [9.17, 15) is 9.59 Å². The van der Waals surface area contributed by atoms with Crippen LogP contribution in [0.15, 0.2) is 34.2 Å². The van der Waals surface area contributed by atoms with Crippen molar-refractivity contribution in [2.75, 3.05) is 5.73 Å². The third kappa shape index (κ3) is 2.17. The predicted octanol–water partition coefficient (Wildman–Crippen LogP) is -0.119. The molecule has 0 amide bonds. The maximum atomic E-state index is 11.9. The summed E-state index contributed by atoms with van der Waals surface area (Å²) in [5.74, 6) is 0. The molecule has 6 heteroatoms. The molecular weight excluding hydrogens is 232 g/mol. The Balaban J connectivity index is 2.53. The van der Waals surface area contributed by atoms with Gasteiger partial charge in [-0.05, 0) is 18.1 Å². The van der Waals surface area contributed by atoms with Gasteiger partial charge in [-0.15, -0.1) is 0 Å². The number of hydrogen-bond acceptors (Lipinski definition) is 4. The Kier molecular flexibility index (Phi) is 3.01. The van der Waals surface area contributed by atoms with E-state index in [2.05, 4.69) is 4.98 Å². The lowest BCUT2D eigenvalue weighted by atomic mass is 10.2. The van der Waals surface area contributed by atoms with Crippen LogP contribution < -0.4 is 17.0 Å². The Morgan fingerprint density at radius 1 is 1.33 bits per heavy atom. The van der Waals surface area contributed by atoms with Gasteiger partial charge in [0, 0.05) is 25.6 Å². The van der Waals surface area contributed by atoms with E-state index in [0.717, 1.165) is 15.7 Å². The van der Waals surface area contributed by atoms with E-state index in [-0.39, 0.29) is 12.2 Å². The fourth-order valence-corrected chi connectivity index (χ4v) is 1.78. The Hall–Kier alpha value is -2.37. The van der Waals surface area contributed by atoms with Crippen LogP contribution >= 0.6 is 0 Å². The number of nitrogens with zero attached hydrogens (tertiary/aromatic N) is 3. The first kappa shape index (κ1) is 12.1. The second kappa shape index (κ2) is 4.48. The third-order valence-electron chi connectivity index (χ3n) is 2.63. The molecule has 0 fully saturated rings. The molecule has 0 unspecified atom stereocenters. The van der Waals surface area contributed by atoms with E-state index in [1.54, 1.807) is 19.4 Å². The molecule has 0 saturated carbocycles. The lowest BCUT2D eigenvalue weighted by molar-refractivity contribution is 0.642. The summed E-state index contributed by atoms with van der Waals surface area (Å²) in [4.78, 5) is 27.7. The number of nitrogens with two attached hydrogens (primary N) is 1. The van der Waals surface area contributed by atoms with Gasteiger partial charge in [-0.2, -0.15) is 0 Å². The highest BCUT2D eigenvalue weighted by Gasteiger charge is 2.08.